The fraction of sp³-hybridized carbons (Fsp3) is 0.118. The molecule has 35 heteroatoms. The first-order chi connectivity index (χ1) is 48.5. The molecule has 0 unspecified atom stereocenters. The largest absolute Gasteiger partial charge is 0.508 e. The smallest absolute Gasteiger partial charge is 0.240 e. The lowest BCUT2D eigenvalue weighted by Gasteiger charge is -2.07. The Bertz CT molecular complexity index is 5100. The Morgan fingerprint density at radius 3 is 1.25 bits per heavy atom. The van der Waals surface area contributed by atoms with Crippen molar-refractivity contribution in [2.75, 3.05) is 23.0 Å². The quantitative estimate of drug-likeness (QED) is 0.0328. The van der Waals surface area contributed by atoms with Crippen LogP contribution in [0.5, 0.6) is 23.0 Å². The van der Waals surface area contributed by atoms with Gasteiger partial charge in [-0.05, 0) is 150 Å². The molecule has 540 valence electrons. The summed E-state index contributed by atoms with van der Waals surface area (Å²) in [5, 5.41) is 54.6. The number of hydroxylamine groups is 1. The lowest BCUT2D eigenvalue weighted by molar-refractivity contribution is -0.126. The third-order valence-electron chi connectivity index (χ3n) is 12.0. The van der Waals surface area contributed by atoms with Crippen LogP contribution in [0.3, 0.4) is 0 Å². The Labute approximate surface area is 641 Å². The third kappa shape index (κ3) is 31.9. The summed E-state index contributed by atoms with van der Waals surface area (Å²) in [7, 11) is -2.12. The van der Waals surface area contributed by atoms with E-state index in [4.69, 9.17) is 148 Å². The van der Waals surface area contributed by atoms with Gasteiger partial charge in [-0.1, -0.05) is 149 Å². The number of hydrogen-bond acceptors (Lipinski definition) is 18. The first-order valence-electron chi connectivity index (χ1n) is 28.3. The van der Waals surface area contributed by atoms with Crippen LogP contribution < -0.4 is 30.1 Å². The molecule has 2 heterocycles. The summed E-state index contributed by atoms with van der Waals surface area (Å²) in [6.07, 6.45) is 1.97. The maximum atomic E-state index is 13.4. The molecule has 0 aliphatic rings. The second-order valence-electron chi connectivity index (χ2n) is 20.3. The number of phenols is 1. The topological polar surface area (TPSA) is 327 Å². The van der Waals surface area contributed by atoms with Gasteiger partial charge >= 0.3 is 0 Å². The maximum Gasteiger partial charge on any atom is 0.240 e. The first kappa shape index (κ1) is 86.8. The number of aromatic hydroxyl groups is 1. The van der Waals surface area contributed by atoms with Crippen molar-refractivity contribution < 1.29 is 68.4 Å². The van der Waals surface area contributed by atoms with Crippen molar-refractivity contribution in [2.45, 2.75) is 39.0 Å². The van der Waals surface area contributed by atoms with Crippen molar-refractivity contribution in [3.8, 4) is 41.2 Å². The van der Waals surface area contributed by atoms with Crippen molar-refractivity contribution in [3.63, 3.8) is 0 Å². The van der Waals surface area contributed by atoms with Crippen molar-refractivity contribution in [1.82, 2.24) is 15.8 Å². The number of nitrogens with two attached hydrogens (primary N) is 1. The van der Waals surface area contributed by atoms with E-state index in [0.29, 0.717) is 97.3 Å². The number of alkyl halides is 1. The molecular weight excluding hydrogens is 1640 g/mol. The molecule has 0 saturated heterocycles. The van der Waals surface area contributed by atoms with Gasteiger partial charge in [-0.25, -0.2) is 35.5 Å². The molecule has 0 aliphatic carbocycles. The van der Waals surface area contributed by atoms with Crippen LogP contribution in [-0.4, -0.2) is 55.9 Å². The zero-order valence-electron chi connectivity index (χ0n) is 53.4. The minimum absolute atomic E-state index is 0.0123. The molecule has 0 aliphatic heterocycles. The average Bonchev–Trinajstić information content (AvgIpc) is 1.90. The Balaban J connectivity index is 0.000000262. The van der Waals surface area contributed by atoms with Crippen LogP contribution >= 0.6 is 119 Å². The number of anilines is 2. The lowest BCUT2D eigenvalue weighted by Crippen LogP contribution is -2.12. The molecule has 0 spiro atoms. The Morgan fingerprint density at radius 1 is 0.534 bits per heavy atom. The minimum atomic E-state index is -3.42. The maximum absolute atomic E-state index is 13.4. The van der Waals surface area contributed by atoms with Crippen LogP contribution in [0.2, 0.25) is 40.2 Å². The van der Waals surface area contributed by atoms with Crippen LogP contribution in [0.15, 0.2) is 173 Å². The second kappa shape index (κ2) is 42.9. The molecular formula is C68H53BrCl9F3N8O12S2. The van der Waals surface area contributed by atoms with Crippen molar-refractivity contribution in [3.05, 3.63) is 266 Å². The van der Waals surface area contributed by atoms with E-state index in [0.717, 1.165) is 40.2 Å². The highest BCUT2D eigenvalue weighted by atomic mass is 79.9. The van der Waals surface area contributed by atoms with E-state index in [1.165, 1.54) is 60.9 Å². The van der Waals surface area contributed by atoms with E-state index in [2.05, 4.69) is 41.6 Å². The number of ether oxygens (including phenoxy) is 3. The number of halogens is 13. The Kier molecular flexibility index (Phi) is 36.1. The van der Waals surface area contributed by atoms with Crippen LogP contribution in [0.25, 0.3) is 21.9 Å². The molecule has 2 aromatic heterocycles. The number of amides is 1. The molecule has 0 saturated carbocycles. The Hall–Kier alpha value is -8.60. The first-order valence-corrected chi connectivity index (χ1v) is 37.1. The van der Waals surface area contributed by atoms with Gasteiger partial charge in [0.2, 0.25) is 25.0 Å². The molecule has 103 heavy (non-hydrogen) atoms. The number of nitriles is 3. The monoisotopic (exact) mass is 1690 g/mol. The van der Waals surface area contributed by atoms with Gasteiger partial charge in [0.05, 0.1) is 80.2 Å². The molecule has 0 radical (unpaired) electrons. The summed E-state index contributed by atoms with van der Waals surface area (Å²) < 4.78 is 109. The summed E-state index contributed by atoms with van der Waals surface area (Å²) in [6, 6.07) is 49.0. The molecule has 20 nitrogen and oxygen atoms in total. The van der Waals surface area contributed by atoms with E-state index in [9.17, 15) is 34.8 Å². The summed E-state index contributed by atoms with van der Waals surface area (Å²) in [5.41, 5.74) is 12.4. The number of sulfonamides is 1. The van der Waals surface area contributed by atoms with E-state index < -0.39 is 42.4 Å². The molecule has 9 aromatic carbocycles. The molecule has 0 fully saturated rings. The number of fused-ring (bicyclic) bond motifs is 2. The normalized spacial score (nSPS) is 10.2. The number of carbonyl (C=O) groups excluding carboxylic acids is 1. The van der Waals surface area contributed by atoms with Crippen molar-refractivity contribution in [2.24, 2.45) is 0 Å². The number of nitrogen functional groups attached to an aromatic ring is 1. The highest BCUT2D eigenvalue weighted by Crippen LogP contribution is 2.32. The summed E-state index contributed by atoms with van der Waals surface area (Å²) in [6.45, 7) is 3.85. The summed E-state index contributed by atoms with van der Waals surface area (Å²) >= 11 is 49.5. The highest BCUT2D eigenvalue weighted by Gasteiger charge is 2.14. The number of nitrogens with zero attached hydrogens (tertiary/aromatic N) is 5. The number of carbonyl (C=O) groups is 1. The SMILES string of the molecule is CC(=O)NO.CS(=O)(=O)Cl.CS(=O)(=O)Nc1noc2cc(COc3ccc(Cl)c(Cl)c3)ccc12.Cc1ccc(C#N)c(F)c1.N#Cc1ccc(CBr)cc1F.N#Cc1ccc(COc2ccc(Cl)c(Cl)c2)cc1F.Nc1noc2cc(COc3ccc(Cl)c(Cl)c3)ccc12.Oc1ccc(Cl)c(Cl)c1. The number of phenolic OH excluding ortho intramolecular Hbond substituents is 1. The van der Waals surface area contributed by atoms with Crippen molar-refractivity contribution in [1.29, 1.82) is 15.8 Å². The number of nitrogens with one attached hydrogen (secondary N) is 2. The number of aromatic nitrogens is 2. The second-order valence-corrected chi connectivity index (χ2v) is 28.9. The van der Waals surface area contributed by atoms with Gasteiger partial charge in [-0.15, -0.1) is 0 Å². The predicted octanol–water partition coefficient (Wildman–Crippen LogP) is 20.0. The van der Waals surface area contributed by atoms with Crippen molar-refractivity contribution >= 4 is 178 Å². The fourth-order valence-corrected chi connectivity index (χ4v) is 9.28. The van der Waals surface area contributed by atoms with Gasteiger partial charge < -0.3 is 34.1 Å². The highest BCUT2D eigenvalue weighted by molar-refractivity contribution is 9.08. The van der Waals surface area contributed by atoms with Gasteiger partial charge in [-0.3, -0.25) is 14.7 Å². The van der Waals surface area contributed by atoms with Crippen LogP contribution in [0.1, 0.15) is 51.4 Å². The van der Waals surface area contributed by atoms with E-state index >= 15 is 0 Å². The molecule has 11 rings (SSSR count). The average molecular weight is 1690 g/mol. The Morgan fingerprint density at radius 2 is 0.883 bits per heavy atom. The molecule has 6 N–H and O–H groups in total. The standard InChI is InChI=1S/C15H12Cl2N2O4S.C14H8Cl2FNO.C14H10Cl2N2O2.C8H5BrFN.C8H6FN.C6H4Cl2O.C2H5NO2.CH3ClO2S/c1-24(20,21)19-15-11-4-2-9(6-14(11)23-18-15)8-22-10-3-5-12(16)13(17)7-10;15-12-4-3-11(6-13(12)16)19-8-9-1-2-10(7-18)14(17)5-9;15-11-4-2-9(6-12(11)16)19-7-8-1-3-10-13(5-8)20-18-14(10)17;9-4-6-1-2-7(5-11)8(10)3-6;1-6-2-3-7(5-10)8(9)4-6;7-5-2-1-4(9)3-6(5)8;1-2(4)3-5;1-5(2,3)4/h2-7H,8H2,1H3,(H,18,19);1-6H,8H2;1-6H,7H2,(H2,17,18);1-3H,4H2;2-4H,1H3;1-3,9H;5H,1H3,(H,3,4);1H3. The predicted molar refractivity (Wildman–Crippen MR) is 398 cm³/mol. The summed E-state index contributed by atoms with van der Waals surface area (Å²) in [4.78, 5) is 9.45. The fourth-order valence-electron chi connectivity index (χ4n) is 7.28. The van der Waals surface area contributed by atoms with Gasteiger partial charge in [0, 0.05) is 41.1 Å². The van der Waals surface area contributed by atoms with Crippen LogP contribution in [0.4, 0.5) is 24.8 Å². The van der Waals surface area contributed by atoms with E-state index in [1.807, 2.05) is 18.2 Å². The zero-order valence-corrected chi connectivity index (χ0v) is 63.5. The number of rotatable bonds is 12. The minimum Gasteiger partial charge on any atom is -0.508 e. The van der Waals surface area contributed by atoms with Crippen LogP contribution in [0, 0.1) is 58.4 Å². The van der Waals surface area contributed by atoms with Gasteiger partial charge in [0.15, 0.2) is 22.8 Å². The third-order valence-corrected chi connectivity index (χ3v) is 16.2. The van der Waals surface area contributed by atoms with Gasteiger partial charge in [0.1, 0.15) is 78.5 Å². The lowest BCUT2D eigenvalue weighted by atomic mass is 10.1. The van der Waals surface area contributed by atoms with E-state index in [1.54, 1.807) is 122 Å². The number of hydrogen-bond donors (Lipinski definition) is 5. The van der Waals surface area contributed by atoms with Gasteiger partial charge in [-0.2, -0.15) is 15.8 Å². The molecule has 1 amide bonds. The van der Waals surface area contributed by atoms with Gasteiger partial charge in [0.25, 0.3) is 0 Å². The summed E-state index contributed by atoms with van der Waals surface area (Å²) in [5.74, 6) is 0.553. The molecule has 0 bridgehead atoms. The van der Waals surface area contributed by atoms with E-state index in [-0.39, 0.29) is 41.5 Å². The number of aryl methyl sites for hydroxylation is 1. The molecule has 0 atom stereocenters. The van der Waals surface area contributed by atoms with Crippen LogP contribution in [-0.2, 0) is 49.0 Å². The molecule has 11 aromatic rings. The number of benzene rings is 9. The zero-order chi connectivity index (χ0) is 76.7.